The Kier molecular flexibility index (Phi) is 5.28. The number of hydrogen-bond donors (Lipinski definition) is 2. The summed E-state index contributed by atoms with van der Waals surface area (Å²) in [6.45, 7) is 5.72. The van der Waals surface area contributed by atoms with Crippen LogP contribution in [0.15, 0.2) is 42.5 Å². The normalized spacial score (nSPS) is 19.2. The third-order valence-corrected chi connectivity index (χ3v) is 5.19. The highest BCUT2D eigenvalue weighted by Gasteiger charge is 2.35. The number of carbonyl (C=O) groups is 2. The fourth-order valence-corrected chi connectivity index (χ4v) is 3.27. The largest absolute Gasteiger partial charge is 0.338 e. The molecule has 1 fully saturated rings. The summed E-state index contributed by atoms with van der Waals surface area (Å²) in [5, 5.41) is 2.71. The fourth-order valence-electron chi connectivity index (χ4n) is 3.27. The van der Waals surface area contributed by atoms with Crippen molar-refractivity contribution in [3.8, 4) is 0 Å². The number of anilines is 1. The van der Waals surface area contributed by atoms with Crippen LogP contribution in [0.4, 0.5) is 10.1 Å². The van der Waals surface area contributed by atoms with E-state index in [4.69, 9.17) is 5.73 Å². The summed E-state index contributed by atoms with van der Waals surface area (Å²) >= 11 is 0. The van der Waals surface area contributed by atoms with E-state index in [1.165, 1.54) is 18.2 Å². The lowest BCUT2D eigenvalue weighted by Crippen LogP contribution is -2.34. The maximum absolute atomic E-state index is 13.8. The second-order valence-electron chi connectivity index (χ2n) is 7.46. The van der Waals surface area contributed by atoms with E-state index < -0.39 is 11.7 Å². The third-order valence-electron chi connectivity index (χ3n) is 5.19. The van der Waals surface area contributed by atoms with Crippen molar-refractivity contribution in [3.63, 3.8) is 0 Å². The first-order chi connectivity index (χ1) is 12.8. The van der Waals surface area contributed by atoms with E-state index in [0.717, 1.165) is 12.0 Å². The van der Waals surface area contributed by atoms with Crippen molar-refractivity contribution in [2.24, 2.45) is 11.1 Å². The number of amides is 2. The molecular formula is C21H24FN3O2. The fraction of sp³-hybridized carbons (Fsp3) is 0.333. The molecule has 0 saturated carbocycles. The highest BCUT2D eigenvalue weighted by molar-refractivity contribution is 6.05. The van der Waals surface area contributed by atoms with Gasteiger partial charge in [0.05, 0.1) is 5.56 Å². The number of nitrogens with two attached hydrogens (primary N) is 1. The van der Waals surface area contributed by atoms with Crippen LogP contribution in [0, 0.1) is 18.2 Å². The first kappa shape index (κ1) is 19.0. The Morgan fingerprint density at radius 1 is 1.26 bits per heavy atom. The van der Waals surface area contributed by atoms with Gasteiger partial charge < -0.3 is 16.0 Å². The summed E-state index contributed by atoms with van der Waals surface area (Å²) in [4.78, 5) is 27.0. The Bertz CT molecular complexity index is 883. The lowest BCUT2D eigenvalue weighted by Gasteiger charge is -2.23. The average molecular weight is 369 g/mol. The summed E-state index contributed by atoms with van der Waals surface area (Å²) in [6, 6.07) is 11.0. The van der Waals surface area contributed by atoms with Gasteiger partial charge in [0.15, 0.2) is 0 Å². The van der Waals surface area contributed by atoms with Crippen LogP contribution in [0.1, 0.15) is 39.6 Å². The van der Waals surface area contributed by atoms with Gasteiger partial charge >= 0.3 is 0 Å². The van der Waals surface area contributed by atoms with Crippen LogP contribution in [0.3, 0.4) is 0 Å². The van der Waals surface area contributed by atoms with Gasteiger partial charge in [-0.15, -0.1) is 0 Å². The van der Waals surface area contributed by atoms with Crippen LogP contribution in [0.5, 0.6) is 0 Å². The van der Waals surface area contributed by atoms with Crippen molar-refractivity contribution >= 4 is 17.5 Å². The van der Waals surface area contributed by atoms with Crippen LogP contribution in [0.2, 0.25) is 0 Å². The van der Waals surface area contributed by atoms with Crippen molar-refractivity contribution in [3.05, 3.63) is 65.0 Å². The molecule has 0 radical (unpaired) electrons. The Morgan fingerprint density at radius 2 is 2.00 bits per heavy atom. The van der Waals surface area contributed by atoms with Gasteiger partial charge in [-0.05, 0) is 55.1 Å². The van der Waals surface area contributed by atoms with E-state index in [-0.39, 0.29) is 16.9 Å². The predicted octanol–water partition coefficient (Wildman–Crippen LogP) is 3.20. The molecular weight excluding hydrogens is 345 g/mol. The molecule has 2 aromatic rings. The minimum Gasteiger partial charge on any atom is -0.338 e. The number of halogens is 1. The van der Waals surface area contributed by atoms with Gasteiger partial charge in [0, 0.05) is 24.3 Å². The molecule has 1 heterocycles. The molecule has 6 heteroatoms. The number of nitrogens with one attached hydrogen (secondary N) is 1. The van der Waals surface area contributed by atoms with Gasteiger partial charge in [-0.25, -0.2) is 4.39 Å². The van der Waals surface area contributed by atoms with E-state index >= 15 is 0 Å². The molecule has 3 N–H and O–H groups in total. The van der Waals surface area contributed by atoms with Crippen LogP contribution in [-0.4, -0.2) is 36.3 Å². The summed E-state index contributed by atoms with van der Waals surface area (Å²) in [7, 11) is 0. The smallest absolute Gasteiger partial charge is 0.258 e. The minimum atomic E-state index is -0.585. The molecule has 2 aromatic carbocycles. The quantitative estimate of drug-likeness (QED) is 0.869. The first-order valence-corrected chi connectivity index (χ1v) is 8.99. The third kappa shape index (κ3) is 4.01. The second-order valence-corrected chi connectivity index (χ2v) is 7.46. The number of hydrogen-bond acceptors (Lipinski definition) is 3. The van der Waals surface area contributed by atoms with E-state index in [2.05, 4.69) is 12.2 Å². The Hall–Kier alpha value is -2.73. The van der Waals surface area contributed by atoms with E-state index in [1.807, 2.05) is 6.92 Å². The van der Waals surface area contributed by atoms with E-state index in [0.29, 0.717) is 30.9 Å². The van der Waals surface area contributed by atoms with E-state index in [1.54, 1.807) is 29.2 Å². The summed E-state index contributed by atoms with van der Waals surface area (Å²) in [5.74, 6) is -1.22. The number of rotatable bonds is 4. The molecule has 1 atom stereocenters. The highest BCUT2D eigenvalue weighted by Crippen LogP contribution is 2.30. The zero-order valence-electron chi connectivity index (χ0n) is 15.6. The summed E-state index contributed by atoms with van der Waals surface area (Å²) in [5.41, 5.74) is 7.51. The zero-order chi connectivity index (χ0) is 19.6. The number of aryl methyl sites for hydroxylation is 1. The molecule has 1 saturated heterocycles. The monoisotopic (exact) mass is 369 g/mol. The van der Waals surface area contributed by atoms with Gasteiger partial charge in [-0.1, -0.05) is 25.1 Å². The molecule has 1 aliphatic rings. The lowest BCUT2D eigenvalue weighted by atomic mass is 9.90. The minimum absolute atomic E-state index is 0.0353. The van der Waals surface area contributed by atoms with Crippen molar-refractivity contribution in [1.82, 2.24) is 4.90 Å². The van der Waals surface area contributed by atoms with Crippen LogP contribution < -0.4 is 11.1 Å². The SMILES string of the molecule is Cc1ccc(C(=O)N2CCC(C)(CN)C2)cc1NC(=O)c1ccccc1F. The molecule has 5 nitrogen and oxygen atoms in total. The number of nitrogens with zero attached hydrogens (tertiary/aromatic N) is 1. The number of likely N-dealkylation sites (tertiary alicyclic amines) is 1. The maximum Gasteiger partial charge on any atom is 0.258 e. The molecule has 2 amide bonds. The van der Waals surface area contributed by atoms with Crippen LogP contribution >= 0.6 is 0 Å². The van der Waals surface area contributed by atoms with Gasteiger partial charge in [-0.3, -0.25) is 9.59 Å². The highest BCUT2D eigenvalue weighted by atomic mass is 19.1. The molecule has 1 unspecified atom stereocenters. The summed E-state index contributed by atoms with van der Waals surface area (Å²) < 4.78 is 13.8. The number of carbonyl (C=O) groups excluding carboxylic acids is 2. The predicted molar refractivity (Wildman–Crippen MR) is 103 cm³/mol. The Morgan fingerprint density at radius 3 is 2.67 bits per heavy atom. The average Bonchev–Trinajstić information content (AvgIpc) is 3.06. The van der Waals surface area contributed by atoms with Crippen molar-refractivity contribution in [2.45, 2.75) is 20.3 Å². The van der Waals surface area contributed by atoms with Crippen molar-refractivity contribution in [2.75, 3.05) is 25.0 Å². The first-order valence-electron chi connectivity index (χ1n) is 8.99. The van der Waals surface area contributed by atoms with E-state index in [9.17, 15) is 14.0 Å². The van der Waals surface area contributed by atoms with Gasteiger partial charge in [-0.2, -0.15) is 0 Å². The molecule has 0 spiro atoms. The van der Waals surface area contributed by atoms with Crippen molar-refractivity contribution in [1.29, 1.82) is 0 Å². The standard InChI is InChI=1S/C21H24FN3O2/c1-14-7-8-15(20(27)25-10-9-21(2,12-23)13-25)11-18(14)24-19(26)16-5-3-4-6-17(16)22/h3-8,11H,9-10,12-13,23H2,1-2H3,(H,24,26). The number of benzene rings is 2. The van der Waals surface area contributed by atoms with Gasteiger partial charge in [0.2, 0.25) is 0 Å². The Labute approximate surface area is 158 Å². The molecule has 1 aliphatic heterocycles. The van der Waals surface area contributed by atoms with Gasteiger partial charge in [0.1, 0.15) is 5.82 Å². The summed E-state index contributed by atoms with van der Waals surface area (Å²) in [6.07, 6.45) is 0.873. The topological polar surface area (TPSA) is 75.4 Å². The Balaban J connectivity index is 1.80. The molecule has 0 aromatic heterocycles. The second kappa shape index (κ2) is 7.48. The van der Waals surface area contributed by atoms with Crippen LogP contribution in [-0.2, 0) is 0 Å². The molecule has 27 heavy (non-hydrogen) atoms. The molecule has 0 bridgehead atoms. The molecule has 3 rings (SSSR count). The van der Waals surface area contributed by atoms with Crippen molar-refractivity contribution < 1.29 is 14.0 Å². The molecule has 0 aliphatic carbocycles. The van der Waals surface area contributed by atoms with Gasteiger partial charge in [0.25, 0.3) is 11.8 Å². The zero-order valence-corrected chi connectivity index (χ0v) is 15.6. The maximum atomic E-state index is 13.8. The lowest BCUT2D eigenvalue weighted by molar-refractivity contribution is 0.0776. The molecule has 142 valence electrons. The van der Waals surface area contributed by atoms with Crippen LogP contribution in [0.25, 0.3) is 0 Å².